The van der Waals surface area contributed by atoms with Crippen molar-refractivity contribution in [2.24, 2.45) is 0 Å². The Bertz CT molecular complexity index is 323. The minimum Gasteiger partial charge on any atom is -0.307 e. The highest BCUT2D eigenvalue weighted by molar-refractivity contribution is 7.09. The van der Waals surface area contributed by atoms with Gasteiger partial charge in [0.2, 0.25) is 0 Å². The van der Waals surface area contributed by atoms with Gasteiger partial charge in [-0.1, -0.05) is 12.5 Å². The minimum atomic E-state index is 0.738. The molecule has 1 aromatic rings. The van der Waals surface area contributed by atoms with Crippen LogP contribution in [-0.4, -0.2) is 30.1 Å². The van der Waals surface area contributed by atoms with E-state index in [0.29, 0.717) is 0 Å². The van der Waals surface area contributed by atoms with Crippen LogP contribution in [0.2, 0.25) is 0 Å². The Morgan fingerprint density at radius 1 is 1.31 bits per heavy atom. The van der Waals surface area contributed by atoms with Crippen LogP contribution in [0.25, 0.3) is 0 Å². The molecule has 88 valence electrons. The van der Waals surface area contributed by atoms with Crippen molar-refractivity contribution in [3.63, 3.8) is 0 Å². The Balaban J connectivity index is 1.55. The van der Waals surface area contributed by atoms with E-state index in [1.165, 1.54) is 43.6 Å². The predicted molar refractivity (Wildman–Crippen MR) is 68.8 cm³/mol. The second-order valence-electron chi connectivity index (χ2n) is 4.95. The van der Waals surface area contributed by atoms with Crippen LogP contribution in [0.15, 0.2) is 17.5 Å². The van der Waals surface area contributed by atoms with Crippen LogP contribution >= 0.6 is 11.3 Å². The number of hydrogen-bond donors (Lipinski definition) is 1. The number of rotatable bonds is 3. The first-order valence-electron chi connectivity index (χ1n) is 6.43. The van der Waals surface area contributed by atoms with Gasteiger partial charge >= 0.3 is 0 Å². The summed E-state index contributed by atoms with van der Waals surface area (Å²) in [6.45, 7) is 3.71. The molecule has 0 amide bonds. The molecular weight excluding hydrogens is 216 g/mol. The van der Waals surface area contributed by atoms with Crippen molar-refractivity contribution in [1.82, 2.24) is 10.2 Å². The largest absolute Gasteiger partial charge is 0.307 e. The van der Waals surface area contributed by atoms with Gasteiger partial charge in [0.1, 0.15) is 0 Å². The molecule has 0 aromatic carbocycles. The molecule has 1 aromatic heterocycles. The summed E-state index contributed by atoms with van der Waals surface area (Å²) in [6, 6.07) is 5.94. The number of nitrogens with zero attached hydrogens (tertiary/aromatic N) is 1. The number of hydrogen-bond acceptors (Lipinski definition) is 3. The van der Waals surface area contributed by atoms with E-state index >= 15 is 0 Å². The summed E-state index contributed by atoms with van der Waals surface area (Å²) < 4.78 is 0. The molecule has 0 spiro atoms. The minimum absolute atomic E-state index is 0.738. The van der Waals surface area contributed by atoms with Crippen molar-refractivity contribution in [2.45, 2.75) is 44.3 Å². The van der Waals surface area contributed by atoms with Gasteiger partial charge in [0, 0.05) is 30.1 Å². The van der Waals surface area contributed by atoms with Crippen molar-refractivity contribution in [2.75, 3.05) is 13.1 Å². The number of thiophene rings is 1. The molecule has 2 aliphatic heterocycles. The standard InChI is InChI=1S/C13H20N2S/c1-2-7-15-8-6-12(13(15)5-1)14-10-11-4-3-9-16-11/h3-4,9,12-14H,1-2,5-8,10H2. The van der Waals surface area contributed by atoms with Gasteiger partial charge in [-0.15, -0.1) is 11.3 Å². The molecule has 0 bridgehead atoms. The molecule has 2 fully saturated rings. The molecule has 1 N–H and O–H groups in total. The molecular formula is C13H20N2S. The number of piperidine rings is 1. The summed E-state index contributed by atoms with van der Waals surface area (Å²) in [7, 11) is 0. The number of fused-ring (bicyclic) bond motifs is 1. The third kappa shape index (κ3) is 2.17. The highest BCUT2D eigenvalue weighted by Crippen LogP contribution is 2.27. The summed E-state index contributed by atoms with van der Waals surface area (Å²) in [5, 5.41) is 5.92. The van der Waals surface area contributed by atoms with E-state index in [9.17, 15) is 0 Å². The van der Waals surface area contributed by atoms with Crippen molar-refractivity contribution < 1.29 is 0 Å². The van der Waals surface area contributed by atoms with Gasteiger partial charge in [-0.2, -0.15) is 0 Å². The van der Waals surface area contributed by atoms with Gasteiger partial charge in [-0.05, 0) is 37.3 Å². The van der Waals surface area contributed by atoms with Gasteiger partial charge in [0.05, 0.1) is 0 Å². The van der Waals surface area contributed by atoms with Crippen molar-refractivity contribution in [3.05, 3.63) is 22.4 Å². The average molecular weight is 236 g/mol. The topological polar surface area (TPSA) is 15.3 Å². The lowest BCUT2D eigenvalue weighted by molar-refractivity contribution is 0.180. The third-order valence-corrected chi connectivity index (χ3v) is 4.85. The van der Waals surface area contributed by atoms with Crippen LogP contribution in [-0.2, 0) is 6.54 Å². The summed E-state index contributed by atoms with van der Waals surface area (Å²) >= 11 is 1.86. The molecule has 2 nitrogen and oxygen atoms in total. The lowest BCUT2D eigenvalue weighted by Gasteiger charge is -2.32. The molecule has 3 rings (SSSR count). The van der Waals surface area contributed by atoms with E-state index in [1.807, 2.05) is 11.3 Å². The van der Waals surface area contributed by atoms with Crippen LogP contribution in [0.4, 0.5) is 0 Å². The molecule has 0 aliphatic carbocycles. The van der Waals surface area contributed by atoms with Gasteiger partial charge in [0.15, 0.2) is 0 Å². The molecule has 2 atom stereocenters. The zero-order valence-corrected chi connectivity index (χ0v) is 10.5. The van der Waals surface area contributed by atoms with Gasteiger partial charge in [-0.3, -0.25) is 4.90 Å². The van der Waals surface area contributed by atoms with Gasteiger partial charge in [0.25, 0.3) is 0 Å². The van der Waals surface area contributed by atoms with E-state index < -0.39 is 0 Å². The van der Waals surface area contributed by atoms with Crippen LogP contribution in [0.1, 0.15) is 30.6 Å². The molecule has 2 saturated heterocycles. The zero-order valence-electron chi connectivity index (χ0n) is 9.69. The lowest BCUT2D eigenvalue weighted by atomic mass is 9.99. The summed E-state index contributed by atoms with van der Waals surface area (Å²) in [6.07, 6.45) is 5.59. The molecule has 2 unspecified atom stereocenters. The summed E-state index contributed by atoms with van der Waals surface area (Å²) in [5.74, 6) is 0. The fourth-order valence-electron chi connectivity index (χ4n) is 3.13. The van der Waals surface area contributed by atoms with Crippen LogP contribution < -0.4 is 5.32 Å². The second kappa shape index (κ2) is 4.86. The molecule has 3 heterocycles. The van der Waals surface area contributed by atoms with E-state index in [1.54, 1.807) is 0 Å². The highest BCUT2D eigenvalue weighted by Gasteiger charge is 2.34. The molecule has 16 heavy (non-hydrogen) atoms. The molecule has 2 aliphatic rings. The predicted octanol–water partition coefficient (Wildman–Crippen LogP) is 2.46. The Kier molecular flexibility index (Phi) is 3.27. The lowest BCUT2D eigenvalue weighted by Crippen LogP contribution is -2.44. The van der Waals surface area contributed by atoms with Crippen molar-refractivity contribution in [3.8, 4) is 0 Å². The zero-order chi connectivity index (χ0) is 10.8. The first-order valence-corrected chi connectivity index (χ1v) is 7.31. The fourth-order valence-corrected chi connectivity index (χ4v) is 3.79. The maximum absolute atomic E-state index is 3.75. The first kappa shape index (κ1) is 10.8. The van der Waals surface area contributed by atoms with Crippen LogP contribution in [0, 0.1) is 0 Å². The van der Waals surface area contributed by atoms with Crippen molar-refractivity contribution in [1.29, 1.82) is 0 Å². The smallest absolute Gasteiger partial charge is 0.0302 e. The van der Waals surface area contributed by atoms with Crippen LogP contribution in [0.5, 0.6) is 0 Å². The Hall–Kier alpha value is -0.380. The van der Waals surface area contributed by atoms with Crippen LogP contribution in [0.3, 0.4) is 0 Å². The Labute approximate surface area is 102 Å². The fraction of sp³-hybridized carbons (Fsp3) is 0.692. The monoisotopic (exact) mass is 236 g/mol. The van der Waals surface area contributed by atoms with Gasteiger partial charge in [-0.25, -0.2) is 0 Å². The second-order valence-corrected chi connectivity index (χ2v) is 5.99. The molecule has 3 heteroatoms. The Morgan fingerprint density at radius 2 is 2.31 bits per heavy atom. The summed E-state index contributed by atoms with van der Waals surface area (Å²) in [4.78, 5) is 4.16. The van der Waals surface area contributed by atoms with E-state index in [-0.39, 0.29) is 0 Å². The quantitative estimate of drug-likeness (QED) is 0.867. The molecule has 0 radical (unpaired) electrons. The van der Waals surface area contributed by atoms with Crippen molar-refractivity contribution >= 4 is 11.3 Å². The van der Waals surface area contributed by atoms with E-state index in [2.05, 4.69) is 27.7 Å². The highest BCUT2D eigenvalue weighted by atomic mass is 32.1. The number of nitrogens with one attached hydrogen (secondary N) is 1. The third-order valence-electron chi connectivity index (χ3n) is 3.97. The normalized spacial score (nSPS) is 30.5. The van der Waals surface area contributed by atoms with E-state index in [4.69, 9.17) is 0 Å². The average Bonchev–Trinajstić information content (AvgIpc) is 2.96. The molecule has 0 saturated carbocycles. The maximum atomic E-state index is 3.75. The van der Waals surface area contributed by atoms with E-state index in [0.717, 1.165) is 18.6 Å². The van der Waals surface area contributed by atoms with Gasteiger partial charge < -0.3 is 5.32 Å². The SMILES string of the molecule is c1csc(CNC2CCN3CCCCC23)c1. The maximum Gasteiger partial charge on any atom is 0.0302 e. The first-order chi connectivity index (χ1) is 7.93. The summed E-state index contributed by atoms with van der Waals surface area (Å²) in [5.41, 5.74) is 0. The Morgan fingerprint density at radius 3 is 3.19 bits per heavy atom.